The monoisotopic (exact) mass is 317 g/mol. The minimum absolute atomic E-state index is 0.0681. The van der Waals surface area contributed by atoms with Gasteiger partial charge in [0, 0.05) is 12.7 Å². The molecule has 0 bridgehead atoms. The maximum Gasteiger partial charge on any atom is 0.348 e. The summed E-state index contributed by atoms with van der Waals surface area (Å²) in [5.41, 5.74) is 5.00. The summed E-state index contributed by atoms with van der Waals surface area (Å²) < 4.78 is 9.67. The summed E-state index contributed by atoms with van der Waals surface area (Å²) in [6.45, 7) is 6.23. The molecule has 0 aliphatic heterocycles. The Hall–Kier alpha value is -1.83. The number of nitrogens with two attached hydrogens (primary N) is 1. The Morgan fingerprint density at radius 3 is 2.38 bits per heavy atom. The van der Waals surface area contributed by atoms with Crippen LogP contribution in [0.4, 0.5) is 0 Å². The van der Waals surface area contributed by atoms with Gasteiger partial charge in [-0.2, -0.15) is 0 Å². The van der Waals surface area contributed by atoms with E-state index >= 15 is 0 Å². The standard InChI is InChI=1S/C13H19NO6S/c1-4-5-19-13(18)10(6-11(14)16)20-12(17)8(2)7-21-9(3)15/h4,8,10H,1,5-7H2,2-3H3,(H2,14,16)/t8-,10?/m1/s1. The molecule has 0 radical (unpaired) electrons. The van der Waals surface area contributed by atoms with Crippen molar-refractivity contribution in [3.05, 3.63) is 12.7 Å². The molecule has 7 nitrogen and oxygen atoms in total. The van der Waals surface area contributed by atoms with Gasteiger partial charge in [0.25, 0.3) is 0 Å². The Bertz CT molecular complexity index is 423. The normalized spacial score (nSPS) is 12.9. The van der Waals surface area contributed by atoms with Crippen LogP contribution in [0.1, 0.15) is 20.3 Å². The Balaban J connectivity index is 4.60. The number of hydrogen-bond acceptors (Lipinski definition) is 7. The number of esters is 2. The Morgan fingerprint density at radius 2 is 1.90 bits per heavy atom. The summed E-state index contributed by atoms with van der Waals surface area (Å²) in [6, 6.07) is 0. The third-order valence-corrected chi connectivity index (χ3v) is 3.26. The number of carbonyl (C=O) groups is 4. The molecular formula is C13H19NO6S. The molecule has 0 heterocycles. The second-order valence-electron chi connectivity index (χ2n) is 4.22. The molecular weight excluding hydrogens is 298 g/mol. The molecule has 0 saturated heterocycles. The van der Waals surface area contributed by atoms with Crippen LogP contribution in [0.25, 0.3) is 0 Å². The topological polar surface area (TPSA) is 113 Å². The van der Waals surface area contributed by atoms with Crippen molar-refractivity contribution in [2.45, 2.75) is 26.4 Å². The zero-order valence-corrected chi connectivity index (χ0v) is 12.8. The maximum atomic E-state index is 11.8. The van der Waals surface area contributed by atoms with Crippen molar-refractivity contribution in [2.75, 3.05) is 12.4 Å². The molecule has 0 spiro atoms. The zero-order chi connectivity index (χ0) is 16.4. The summed E-state index contributed by atoms with van der Waals surface area (Å²) in [7, 11) is 0. The molecule has 0 saturated carbocycles. The first-order chi connectivity index (χ1) is 9.77. The fourth-order valence-electron chi connectivity index (χ4n) is 1.16. The van der Waals surface area contributed by atoms with E-state index in [1.165, 1.54) is 13.0 Å². The van der Waals surface area contributed by atoms with E-state index in [2.05, 4.69) is 6.58 Å². The lowest BCUT2D eigenvalue weighted by molar-refractivity contribution is -0.170. The van der Waals surface area contributed by atoms with Crippen LogP contribution in [0.3, 0.4) is 0 Å². The van der Waals surface area contributed by atoms with Crippen molar-refractivity contribution in [3.8, 4) is 0 Å². The van der Waals surface area contributed by atoms with Gasteiger partial charge in [0.1, 0.15) is 6.61 Å². The average molecular weight is 317 g/mol. The number of carbonyl (C=O) groups excluding carboxylic acids is 4. The molecule has 2 N–H and O–H groups in total. The lowest BCUT2D eigenvalue weighted by Gasteiger charge is -2.17. The first-order valence-corrected chi connectivity index (χ1v) is 7.16. The summed E-state index contributed by atoms with van der Waals surface area (Å²) in [5.74, 6) is -2.76. The summed E-state index contributed by atoms with van der Waals surface area (Å²) in [4.78, 5) is 45.2. The number of primary amides is 1. The van der Waals surface area contributed by atoms with E-state index in [1.807, 2.05) is 0 Å². The fourth-order valence-corrected chi connectivity index (χ4v) is 1.78. The van der Waals surface area contributed by atoms with Gasteiger partial charge in [-0.25, -0.2) is 4.79 Å². The van der Waals surface area contributed by atoms with Crippen LogP contribution in [-0.4, -0.2) is 41.4 Å². The van der Waals surface area contributed by atoms with Crippen molar-refractivity contribution >= 4 is 34.7 Å². The van der Waals surface area contributed by atoms with Gasteiger partial charge < -0.3 is 15.2 Å². The largest absolute Gasteiger partial charge is 0.459 e. The van der Waals surface area contributed by atoms with Crippen molar-refractivity contribution < 1.29 is 28.7 Å². The molecule has 0 aromatic heterocycles. The molecule has 0 aromatic rings. The van der Waals surface area contributed by atoms with E-state index in [0.717, 1.165) is 11.8 Å². The number of amides is 1. The molecule has 1 unspecified atom stereocenters. The summed E-state index contributed by atoms with van der Waals surface area (Å²) >= 11 is 0.970. The summed E-state index contributed by atoms with van der Waals surface area (Å²) in [5, 5.41) is -0.131. The maximum absolute atomic E-state index is 11.8. The molecule has 0 aliphatic carbocycles. The number of thioether (sulfide) groups is 1. The van der Waals surface area contributed by atoms with E-state index in [0.29, 0.717) is 0 Å². The number of ether oxygens (including phenoxy) is 2. The molecule has 0 fully saturated rings. The van der Waals surface area contributed by atoms with E-state index in [4.69, 9.17) is 15.2 Å². The van der Waals surface area contributed by atoms with E-state index in [-0.39, 0.29) is 17.5 Å². The second-order valence-corrected chi connectivity index (χ2v) is 5.42. The fraction of sp³-hybridized carbons (Fsp3) is 0.538. The number of hydrogen-bond donors (Lipinski definition) is 1. The third kappa shape index (κ3) is 8.85. The first kappa shape index (κ1) is 19.2. The third-order valence-electron chi connectivity index (χ3n) is 2.19. The molecule has 0 rings (SSSR count). The van der Waals surface area contributed by atoms with Crippen molar-refractivity contribution in [2.24, 2.45) is 11.7 Å². The SMILES string of the molecule is C=CCOC(=O)C(CC(N)=O)OC(=O)[C@H](C)CSC(C)=O. The zero-order valence-electron chi connectivity index (χ0n) is 12.0. The van der Waals surface area contributed by atoms with Crippen molar-refractivity contribution in [3.63, 3.8) is 0 Å². The van der Waals surface area contributed by atoms with Crippen LogP contribution < -0.4 is 5.73 Å². The highest BCUT2D eigenvalue weighted by atomic mass is 32.2. The Morgan fingerprint density at radius 1 is 1.29 bits per heavy atom. The highest BCUT2D eigenvalue weighted by Gasteiger charge is 2.28. The quantitative estimate of drug-likeness (QED) is 0.484. The van der Waals surface area contributed by atoms with Gasteiger partial charge in [0.2, 0.25) is 12.0 Å². The van der Waals surface area contributed by atoms with Gasteiger partial charge >= 0.3 is 11.9 Å². The predicted molar refractivity (Wildman–Crippen MR) is 77.2 cm³/mol. The predicted octanol–water partition coefficient (Wildman–Crippen LogP) is 0.419. The van der Waals surface area contributed by atoms with Crippen LogP contribution in [-0.2, 0) is 28.7 Å². The lowest BCUT2D eigenvalue weighted by Crippen LogP contribution is -2.35. The average Bonchev–Trinajstić information content (AvgIpc) is 2.40. The summed E-state index contributed by atoms with van der Waals surface area (Å²) in [6.07, 6.45) is -0.513. The minimum atomic E-state index is -1.39. The molecule has 0 aromatic carbocycles. The highest BCUT2D eigenvalue weighted by Crippen LogP contribution is 2.13. The minimum Gasteiger partial charge on any atom is -0.459 e. The molecule has 21 heavy (non-hydrogen) atoms. The van der Waals surface area contributed by atoms with Crippen LogP contribution >= 0.6 is 11.8 Å². The van der Waals surface area contributed by atoms with Crippen LogP contribution in [0.2, 0.25) is 0 Å². The lowest BCUT2D eigenvalue weighted by atomic mass is 10.2. The molecule has 118 valence electrons. The second kappa shape index (κ2) is 9.98. The molecule has 8 heteroatoms. The van der Waals surface area contributed by atoms with Gasteiger partial charge in [0.15, 0.2) is 5.12 Å². The number of rotatable bonds is 9. The van der Waals surface area contributed by atoms with Gasteiger partial charge in [-0.15, -0.1) is 0 Å². The molecule has 2 atom stereocenters. The Kier molecular flexibility index (Phi) is 9.11. The van der Waals surface area contributed by atoms with Crippen LogP contribution in [0.5, 0.6) is 0 Å². The molecule has 0 aliphatic rings. The first-order valence-electron chi connectivity index (χ1n) is 6.17. The highest BCUT2D eigenvalue weighted by molar-refractivity contribution is 8.13. The smallest absolute Gasteiger partial charge is 0.348 e. The van der Waals surface area contributed by atoms with Gasteiger partial charge in [-0.1, -0.05) is 31.3 Å². The van der Waals surface area contributed by atoms with E-state index in [9.17, 15) is 19.2 Å². The Labute approximate surface area is 127 Å². The van der Waals surface area contributed by atoms with Crippen LogP contribution in [0, 0.1) is 5.92 Å². The van der Waals surface area contributed by atoms with Crippen molar-refractivity contribution in [1.82, 2.24) is 0 Å². The van der Waals surface area contributed by atoms with Gasteiger partial charge in [-0.3, -0.25) is 14.4 Å². The van der Waals surface area contributed by atoms with Crippen LogP contribution in [0.15, 0.2) is 12.7 Å². The van der Waals surface area contributed by atoms with E-state index < -0.39 is 36.3 Å². The van der Waals surface area contributed by atoms with Crippen molar-refractivity contribution in [1.29, 1.82) is 0 Å². The molecule has 1 amide bonds. The van der Waals surface area contributed by atoms with Gasteiger partial charge in [-0.05, 0) is 0 Å². The van der Waals surface area contributed by atoms with Gasteiger partial charge in [0.05, 0.1) is 12.3 Å². The van der Waals surface area contributed by atoms with E-state index in [1.54, 1.807) is 6.92 Å².